The molecule has 7 N–H and O–H groups in total. The number of nitrogens with one attached hydrogen (secondary N) is 1. The number of phenolic OH excluding ortho intramolecular Hbond substituents is 2. The van der Waals surface area contributed by atoms with Gasteiger partial charge in [-0.05, 0) is 26.0 Å². The monoisotopic (exact) mass is 798 g/mol. The van der Waals surface area contributed by atoms with E-state index in [2.05, 4.69) is 15.5 Å². The van der Waals surface area contributed by atoms with Crippen molar-refractivity contribution in [1.29, 1.82) is 0 Å². The minimum Gasteiger partial charge on any atom is -0.504 e. The number of thioether (sulfide) groups is 1. The molecule has 0 unspecified atom stereocenters. The van der Waals surface area contributed by atoms with E-state index < -0.39 is 58.0 Å². The SMILES string of the molecule is CC(C)(O/N=C(\C(=O)N[C@@H]1C(=O)N2C(C(=O)O)=C(C[N+]34CCC(CC3)N(C(=O)c3ccc(O)c(O)c3Cl)CC4)CS[C@H]12)c1nc(N)sc1Cl)C(=O)O. The maximum atomic E-state index is 13.6. The highest BCUT2D eigenvalue weighted by atomic mass is 35.5. The van der Waals surface area contributed by atoms with E-state index >= 15 is 0 Å². The molecule has 5 aliphatic rings. The molecule has 0 aliphatic carbocycles. The lowest BCUT2D eigenvalue weighted by atomic mass is 9.99. The molecular formula is C31H34Cl2N7O10S2+. The second-order valence-electron chi connectivity index (χ2n) is 13.3. The van der Waals surface area contributed by atoms with Gasteiger partial charge >= 0.3 is 11.9 Å². The number of aromatic nitrogens is 1. The van der Waals surface area contributed by atoms with Crippen molar-refractivity contribution in [2.45, 2.75) is 49.7 Å². The maximum absolute atomic E-state index is 13.6. The maximum Gasteiger partial charge on any atom is 0.352 e. The molecule has 1 aromatic heterocycles. The minimum atomic E-state index is -1.84. The Kier molecular flexibility index (Phi) is 10.0. The van der Waals surface area contributed by atoms with Crippen LogP contribution in [-0.4, -0.2) is 137 Å². The Morgan fingerprint density at radius 2 is 1.85 bits per heavy atom. The van der Waals surface area contributed by atoms with Crippen LogP contribution in [0.15, 0.2) is 28.6 Å². The number of phenols is 2. The molecule has 278 valence electrons. The molecule has 4 saturated heterocycles. The molecule has 5 aliphatic heterocycles. The molecule has 17 nitrogen and oxygen atoms in total. The average Bonchev–Trinajstić information content (AvgIpc) is 3.22. The number of nitrogens with two attached hydrogens (primary N) is 1. The van der Waals surface area contributed by atoms with Crippen LogP contribution < -0.4 is 11.1 Å². The number of anilines is 1. The number of nitrogen functional groups attached to an aromatic ring is 1. The largest absolute Gasteiger partial charge is 0.504 e. The summed E-state index contributed by atoms with van der Waals surface area (Å²) in [5, 5.41) is 44.9. The van der Waals surface area contributed by atoms with Crippen molar-refractivity contribution in [2.75, 3.05) is 44.2 Å². The van der Waals surface area contributed by atoms with Crippen molar-refractivity contribution < 1.29 is 53.7 Å². The Morgan fingerprint density at radius 1 is 1.15 bits per heavy atom. The van der Waals surface area contributed by atoms with Crippen molar-refractivity contribution in [3.63, 3.8) is 0 Å². The van der Waals surface area contributed by atoms with Crippen molar-refractivity contribution in [3.8, 4) is 11.5 Å². The summed E-state index contributed by atoms with van der Waals surface area (Å²) in [5.74, 6) is -5.43. The molecule has 52 heavy (non-hydrogen) atoms. The second kappa shape index (κ2) is 13.9. The zero-order chi connectivity index (χ0) is 37.9. The van der Waals surface area contributed by atoms with Crippen molar-refractivity contribution in [2.24, 2.45) is 5.16 Å². The quantitative estimate of drug-likeness (QED) is 0.0662. The van der Waals surface area contributed by atoms with Crippen LogP contribution in [0.4, 0.5) is 5.13 Å². The van der Waals surface area contributed by atoms with Crippen LogP contribution in [0, 0.1) is 0 Å². The van der Waals surface area contributed by atoms with E-state index in [-0.39, 0.29) is 49.1 Å². The van der Waals surface area contributed by atoms with Gasteiger partial charge in [0, 0.05) is 30.2 Å². The summed E-state index contributed by atoms with van der Waals surface area (Å²) in [5.41, 5.74) is 3.66. The number of hydrogen-bond donors (Lipinski definition) is 6. The number of thiazole rings is 1. The van der Waals surface area contributed by atoms with E-state index in [1.807, 2.05) is 0 Å². The third-order valence-electron chi connectivity index (χ3n) is 9.70. The Balaban J connectivity index is 1.19. The number of nitrogens with zero attached hydrogens (tertiary/aromatic N) is 5. The van der Waals surface area contributed by atoms with Gasteiger partial charge in [-0.1, -0.05) is 39.7 Å². The number of quaternary nitrogens is 1. The minimum absolute atomic E-state index is 0.00291. The lowest BCUT2D eigenvalue weighted by molar-refractivity contribution is -0.924. The molecule has 4 fully saturated rings. The van der Waals surface area contributed by atoms with Gasteiger partial charge in [-0.15, -0.1) is 11.8 Å². The molecule has 6 heterocycles. The highest BCUT2D eigenvalue weighted by Crippen LogP contribution is 2.43. The van der Waals surface area contributed by atoms with Crippen LogP contribution in [0.2, 0.25) is 9.36 Å². The number of piperidine rings is 1. The van der Waals surface area contributed by atoms with Crippen LogP contribution in [-0.2, 0) is 24.0 Å². The number of hydrogen-bond acceptors (Lipinski definition) is 13. The zero-order valence-electron chi connectivity index (χ0n) is 27.7. The molecule has 1 aromatic carbocycles. The first-order valence-corrected chi connectivity index (χ1v) is 18.6. The van der Waals surface area contributed by atoms with E-state index in [1.165, 1.54) is 37.7 Å². The van der Waals surface area contributed by atoms with Crippen LogP contribution in [0.25, 0.3) is 0 Å². The molecule has 0 spiro atoms. The number of fused-ring (bicyclic) bond motifs is 5. The number of aliphatic carboxylic acids is 2. The summed E-state index contributed by atoms with van der Waals surface area (Å²) < 4.78 is 0.469. The molecule has 7 rings (SSSR count). The lowest BCUT2D eigenvalue weighted by Gasteiger charge is -2.50. The third kappa shape index (κ3) is 6.70. The van der Waals surface area contributed by atoms with Gasteiger partial charge in [0.05, 0.1) is 36.8 Å². The fraction of sp³-hybridized carbons (Fsp3) is 0.452. The fourth-order valence-electron chi connectivity index (χ4n) is 6.79. The fourth-order valence-corrected chi connectivity index (χ4v) is 9.30. The van der Waals surface area contributed by atoms with E-state index in [9.17, 15) is 44.4 Å². The second-order valence-corrected chi connectivity index (χ2v) is 16.5. The number of carbonyl (C=O) groups is 5. The van der Waals surface area contributed by atoms with Crippen molar-refractivity contribution in [1.82, 2.24) is 20.1 Å². The molecule has 0 radical (unpaired) electrons. The zero-order valence-corrected chi connectivity index (χ0v) is 30.8. The van der Waals surface area contributed by atoms with Crippen molar-refractivity contribution >= 4 is 86.8 Å². The smallest absolute Gasteiger partial charge is 0.352 e. The molecule has 2 aromatic rings. The number of carboxylic acid groups (broad SMARTS) is 2. The van der Waals surface area contributed by atoms with Crippen LogP contribution in [0.1, 0.15) is 42.7 Å². The number of β-lactam (4-membered cyclic amide) rings is 1. The lowest BCUT2D eigenvalue weighted by Crippen LogP contribution is -2.71. The summed E-state index contributed by atoms with van der Waals surface area (Å²) in [7, 11) is 0. The van der Waals surface area contributed by atoms with Gasteiger partial charge in [0.15, 0.2) is 22.3 Å². The molecule has 2 atom stereocenters. The summed E-state index contributed by atoms with van der Waals surface area (Å²) in [6, 6.07) is 1.32. The number of rotatable bonds is 10. The number of halogens is 2. The number of carbonyl (C=O) groups excluding carboxylic acids is 3. The first-order chi connectivity index (χ1) is 24.4. The number of aromatic hydroxyl groups is 2. The molecule has 21 heteroatoms. The normalized spacial score (nSPS) is 24.6. The highest BCUT2D eigenvalue weighted by Gasteiger charge is 2.56. The van der Waals surface area contributed by atoms with Gasteiger partial charge in [0.1, 0.15) is 33.7 Å². The number of oxime groups is 1. The van der Waals surface area contributed by atoms with E-state index in [0.29, 0.717) is 55.6 Å². The third-order valence-corrected chi connectivity index (χ3v) is 12.5. The van der Waals surface area contributed by atoms with Gasteiger partial charge in [-0.2, -0.15) is 0 Å². The first-order valence-electron chi connectivity index (χ1n) is 15.9. The van der Waals surface area contributed by atoms with Gasteiger partial charge in [0.2, 0.25) is 5.60 Å². The highest BCUT2D eigenvalue weighted by molar-refractivity contribution is 8.00. The van der Waals surface area contributed by atoms with Crippen LogP contribution >= 0.6 is 46.3 Å². The summed E-state index contributed by atoms with van der Waals surface area (Å²) >= 11 is 14.6. The summed E-state index contributed by atoms with van der Waals surface area (Å²) in [4.78, 5) is 76.9. The van der Waals surface area contributed by atoms with Gasteiger partial charge in [0.25, 0.3) is 17.7 Å². The van der Waals surface area contributed by atoms with Crippen molar-refractivity contribution in [3.05, 3.63) is 44.0 Å². The Labute approximate surface area is 314 Å². The van der Waals surface area contributed by atoms with Gasteiger partial charge < -0.3 is 45.7 Å². The van der Waals surface area contributed by atoms with E-state index in [1.54, 1.807) is 4.90 Å². The van der Waals surface area contributed by atoms with Gasteiger partial charge in [-0.3, -0.25) is 19.3 Å². The topological polar surface area (TPSA) is 245 Å². The predicted octanol–water partition coefficient (Wildman–Crippen LogP) is 1.90. The number of amides is 3. The first kappa shape index (κ1) is 37.5. The summed E-state index contributed by atoms with van der Waals surface area (Å²) in [6.07, 6.45) is 1.28. The summed E-state index contributed by atoms with van der Waals surface area (Å²) in [6.45, 7) is 4.92. The molecule has 2 bridgehead atoms. The predicted molar refractivity (Wildman–Crippen MR) is 189 cm³/mol. The van der Waals surface area contributed by atoms with Crippen LogP contribution in [0.5, 0.6) is 11.5 Å². The van der Waals surface area contributed by atoms with Gasteiger partial charge in [-0.25, -0.2) is 14.6 Å². The number of carboxylic acids is 2. The van der Waals surface area contributed by atoms with E-state index in [4.69, 9.17) is 33.8 Å². The number of benzene rings is 1. The Hall–Kier alpha value is -4.30. The van der Waals surface area contributed by atoms with E-state index in [0.717, 1.165) is 16.2 Å². The molecular weight excluding hydrogens is 765 g/mol. The Morgan fingerprint density at radius 3 is 2.46 bits per heavy atom. The molecule has 0 saturated carbocycles. The Bertz CT molecular complexity index is 1950. The standard InChI is InChI=1S/C31H33Cl2N7O10S2/c1-31(2,29(48)49)50-37-19(18-23(33)52-30(34)36-18)24(43)35-20-26(45)39-21(28(46)47)13(12-51-27(20)39)11-40-8-5-14(6-9-40)38(7-10-40)25(44)15-3-4-16(41)22(42)17(15)32/h3-4,14,20,27H,5-12H2,1-2H3,(H6-,34,35,36,37,41,42,43,44,46,47,48,49)/p+1/t14?,20-,27-,40?/m1/s1. The average molecular weight is 800 g/mol. The van der Waals surface area contributed by atoms with Crippen LogP contribution in [0.3, 0.4) is 0 Å². The molecule has 3 amide bonds.